The van der Waals surface area contributed by atoms with Crippen molar-refractivity contribution in [2.24, 2.45) is 5.73 Å². The third kappa shape index (κ3) is 49.8. The number of unbranched alkanes of at least 4 members (excludes halogenated alkanes) is 34. The van der Waals surface area contributed by atoms with E-state index < -0.39 is 26.5 Å². The SMILES string of the molecule is CCCCCCC/C=C\C/C=C\CCCCCCCCCCCCCCCCCCCCCC(=O)OC(COC(=O)CCCCCCCCCCCCC)COP(=O)(O)OCCN. The summed E-state index contributed by atoms with van der Waals surface area (Å²) in [6, 6.07) is 0. The van der Waals surface area contributed by atoms with Crippen molar-refractivity contribution in [2.75, 3.05) is 26.4 Å². The smallest absolute Gasteiger partial charge is 0.462 e. The van der Waals surface area contributed by atoms with Gasteiger partial charge in [0.2, 0.25) is 0 Å². The Hall–Kier alpha value is -1.51. The molecule has 0 aliphatic rings. The normalized spacial score (nSPS) is 13.3. The molecule has 0 aromatic rings. The van der Waals surface area contributed by atoms with Gasteiger partial charge in [0, 0.05) is 19.4 Å². The third-order valence-corrected chi connectivity index (χ3v) is 12.8. The Morgan fingerprint density at radius 3 is 1.21 bits per heavy atom. The summed E-state index contributed by atoms with van der Waals surface area (Å²) in [7, 11) is -4.37. The molecule has 0 heterocycles. The molecule has 0 saturated carbocycles. The van der Waals surface area contributed by atoms with Gasteiger partial charge in [0.25, 0.3) is 0 Å². The van der Waals surface area contributed by atoms with Gasteiger partial charge in [-0.1, -0.05) is 237 Å². The molecule has 372 valence electrons. The second-order valence-electron chi connectivity index (χ2n) is 18.1. The summed E-state index contributed by atoms with van der Waals surface area (Å²) < 4.78 is 32.9. The second kappa shape index (κ2) is 49.9. The Morgan fingerprint density at radius 1 is 0.476 bits per heavy atom. The number of ether oxygens (including phenoxy) is 2. The maximum absolute atomic E-state index is 12.6. The molecule has 0 saturated heterocycles. The van der Waals surface area contributed by atoms with Gasteiger partial charge in [-0.3, -0.25) is 18.6 Å². The molecule has 0 aliphatic heterocycles. The number of phosphoric ester groups is 1. The predicted molar refractivity (Wildman–Crippen MR) is 266 cm³/mol. The van der Waals surface area contributed by atoms with E-state index in [-0.39, 0.29) is 38.6 Å². The molecule has 2 atom stereocenters. The first-order valence-corrected chi connectivity index (χ1v) is 28.3. The highest BCUT2D eigenvalue weighted by Gasteiger charge is 2.26. The molecule has 0 bridgehead atoms. The highest BCUT2D eigenvalue weighted by molar-refractivity contribution is 7.47. The molecule has 0 amide bonds. The Kier molecular flexibility index (Phi) is 48.7. The largest absolute Gasteiger partial charge is 0.472 e. The number of allylic oxidation sites excluding steroid dienone is 4. The summed E-state index contributed by atoms with van der Waals surface area (Å²) in [6.07, 6.45) is 56.7. The molecule has 0 radical (unpaired) electrons. The molecule has 0 fully saturated rings. The molecular formula is C53H102NO8P. The molecule has 2 unspecified atom stereocenters. The van der Waals surface area contributed by atoms with Gasteiger partial charge >= 0.3 is 19.8 Å². The fourth-order valence-electron chi connectivity index (χ4n) is 7.84. The highest BCUT2D eigenvalue weighted by atomic mass is 31.2. The monoisotopic (exact) mass is 912 g/mol. The topological polar surface area (TPSA) is 134 Å². The van der Waals surface area contributed by atoms with Crippen molar-refractivity contribution in [3.05, 3.63) is 24.3 Å². The Labute approximate surface area is 389 Å². The highest BCUT2D eigenvalue weighted by Crippen LogP contribution is 2.43. The van der Waals surface area contributed by atoms with E-state index in [1.807, 2.05) is 0 Å². The first kappa shape index (κ1) is 61.5. The van der Waals surface area contributed by atoms with Crippen LogP contribution in [0.25, 0.3) is 0 Å². The van der Waals surface area contributed by atoms with Gasteiger partial charge in [0.05, 0.1) is 13.2 Å². The fourth-order valence-corrected chi connectivity index (χ4v) is 8.61. The molecule has 9 nitrogen and oxygen atoms in total. The summed E-state index contributed by atoms with van der Waals surface area (Å²) in [4.78, 5) is 35.0. The molecule has 0 aromatic carbocycles. The average Bonchev–Trinajstić information content (AvgIpc) is 3.27. The van der Waals surface area contributed by atoms with E-state index in [2.05, 4.69) is 38.2 Å². The summed E-state index contributed by atoms with van der Waals surface area (Å²) in [5.41, 5.74) is 5.36. The van der Waals surface area contributed by atoms with Gasteiger partial charge in [-0.2, -0.15) is 0 Å². The summed E-state index contributed by atoms with van der Waals surface area (Å²) in [5.74, 6) is -0.815. The second-order valence-corrected chi connectivity index (χ2v) is 19.6. The molecule has 3 N–H and O–H groups in total. The minimum absolute atomic E-state index is 0.0564. The standard InChI is InChI=1S/C53H102NO8P/c1-3-5-7-9-11-13-15-16-17-18-19-20-21-22-23-24-25-26-27-28-29-30-31-32-33-34-36-38-40-42-44-46-53(56)62-51(50-61-63(57,58)60-48-47-54)49-59-52(55)45-43-41-39-37-35-14-12-10-8-6-4-2/h15-16,18-19,51H,3-14,17,20-50,54H2,1-2H3,(H,57,58)/b16-15-,19-18-. The van der Waals surface area contributed by atoms with Crippen LogP contribution in [0.5, 0.6) is 0 Å². The maximum Gasteiger partial charge on any atom is 0.472 e. The predicted octanol–water partition coefficient (Wildman–Crippen LogP) is 16.3. The van der Waals surface area contributed by atoms with E-state index in [0.29, 0.717) is 6.42 Å². The Balaban J connectivity index is 3.84. The van der Waals surface area contributed by atoms with Crippen molar-refractivity contribution in [1.82, 2.24) is 0 Å². The zero-order valence-electron chi connectivity index (χ0n) is 41.3. The number of rotatable bonds is 51. The summed E-state index contributed by atoms with van der Waals surface area (Å²) >= 11 is 0. The average molecular weight is 912 g/mol. The molecule has 0 rings (SSSR count). The van der Waals surface area contributed by atoms with Gasteiger partial charge < -0.3 is 20.1 Å². The van der Waals surface area contributed by atoms with Gasteiger partial charge in [0.15, 0.2) is 6.10 Å². The van der Waals surface area contributed by atoms with Gasteiger partial charge in [0.1, 0.15) is 6.61 Å². The van der Waals surface area contributed by atoms with Crippen molar-refractivity contribution in [1.29, 1.82) is 0 Å². The van der Waals surface area contributed by atoms with Crippen LogP contribution in [0.2, 0.25) is 0 Å². The molecule has 0 aliphatic carbocycles. The minimum atomic E-state index is -4.37. The number of carbonyl (C=O) groups excluding carboxylic acids is 2. The van der Waals surface area contributed by atoms with E-state index in [1.54, 1.807) is 0 Å². The summed E-state index contributed by atoms with van der Waals surface area (Å²) in [6.45, 7) is 3.75. The van der Waals surface area contributed by atoms with Crippen molar-refractivity contribution < 1.29 is 37.6 Å². The number of esters is 2. The first-order valence-electron chi connectivity index (χ1n) is 26.8. The van der Waals surface area contributed by atoms with Crippen LogP contribution in [-0.4, -0.2) is 49.3 Å². The van der Waals surface area contributed by atoms with Crippen LogP contribution in [0.3, 0.4) is 0 Å². The van der Waals surface area contributed by atoms with Crippen molar-refractivity contribution in [3.8, 4) is 0 Å². The number of hydrogen-bond donors (Lipinski definition) is 2. The lowest BCUT2D eigenvalue weighted by Gasteiger charge is -2.19. The van der Waals surface area contributed by atoms with Crippen molar-refractivity contribution in [3.63, 3.8) is 0 Å². The summed E-state index contributed by atoms with van der Waals surface area (Å²) in [5, 5.41) is 0. The number of phosphoric acid groups is 1. The number of nitrogens with two attached hydrogens (primary N) is 1. The third-order valence-electron chi connectivity index (χ3n) is 11.8. The van der Waals surface area contributed by atoms with E-state index in [9.17, 15) is 19.0 Å². The van der Waals surface area contributed by atoms with Gasteiger partial charge in [-0.25, -0.2) is 4.57 Å². The van der Waals surface area contributed by atoms with Crippen LogP contribution in [0.1, 0.15) is 271 Å². The van der Waals surface area contributed by atoms with E-state index in [1.165, 1.54) is 199 Å². The van der Waals surface area contributed by atoms with E-state index in [4.69, 9.17) is 24.3 Å². The van der Waals surface area contributed by atoms with Gasteiger partial charge in [-0.05, 0) is 44.9 Å². The number of carbonyl (C=O) groups is 2. The van der Waals surface area contributed by atoms with Gasteiger partial charge in [-0.15, -0.1) is 0 Å². The quantitative estimate of drug-likeness (QED) is 0.0265. The Morgan fingerprint density at radius 2 is 0.825 bits per heavy atom. The molecule has 10 heteroatoms. The lowest BCUT2D eigenvalue weighted by atomic mass is 10.0. The van der Waals surface area contributed by atoms with Crippen LogP contribution in [0.15, 0.2) is 24.3 Å². The van der Waals surface area contributed by atoms with Crippen molar-refractivity contribution in [2.45, 2.75) is 277 Å². The minimum Gasteiger partial charge on any atom is -0.462 e. The van der Waals surface area contributed by atoms with Crippen LogP contribution in [0, 0.1) is 0 Å². The van der Waals surface area contributed by atoms with E-state index >= 15 is 0 Å². The zero-order chi connectivity index (χ0) is 46.0. The van der Waals surface area contributed by atoms with Crippen LogP contribution >= 0.6 is 7.82 Å². The lowest BCUT2D eigenvalue weighted by molar-refractivity contribution is -0.161. The molecule has 0 spiro atoms. The van der Waals surface area contributed by atoms with Crippen molar-refractivity contribution >= 4 is 19.8 Å². The van der Waals surface area contributed by atoms with Crippen LogP contribution < -0.4 is 5.73 Å². The van der Waals surface area contributed by atoms with Crippen LogP contribution in [-0.2, 0) is 32.7 Å². The maximum atomic E-state index is 12.6. The lowest BCUT2D eigenvalue weighted by Crippen LogP contribution is -2.29. The molecule has 0 aromatic heterocycles. The fraction of sp³-hybridized carbons (Fsp3) is 0.887. The molecule has 63 heavy (non-hydrogen) atoms. The molecular weight excluding hydrogens is 810 g/mol. The van der Waals surface area contributed by atoms with Crippen LogP contribution in [0.4, 0.5) is 0 Å². The number of hydrogen-bond acceptors (Lipinski definition) is 8. The zero-order valence-corrected chi connectivity index (χ0v) is 42.2. The Bertz CT molecular complexity index is 1090. The van der Waals surface area contributed by atoms with E-state index in [0.717, 1.165) is 38.5 Å². The first-order chi connectivity index (χ1) is 30.8.